The van der Waals surface area contributed by atoms with Crippen molar-refractivity contribution < 1.29 is 4.74 Å². The third-order valence-electron chi connectivity index (χ3n) is 7.73. The second-order valence-electron chi connectivity index (χ2n) is 11.2. The van der Waals surface area contributed by atoms with Gasteiger partial charge in [0.05, 0.1) is 11.0 Å². The molecule has 186 valence electrons. The molecular formula is C35H30N2O. The van der Waals surface area contributed by atoms with Gasteiger partial charge in [-0.25, -0.2) is 4.98 Å². The molecule has 0 saturated carbocycles. The van der Waals surface area contributed by atoms with Crippen LogP contribution in [0.2, 0.25) is 0 Å². The maximum atomic E-state index is 6.46. The lowest BCUT2D eigenvalue weighted by molar-refractivity contribution is 0.270. The molecule has 7 rings (SSSR count). The van der Waals surface area contributed by atoms with Gasteiger partial charge in [0.25, 0.3) is 0 Å². The smallest absolute Gasteiger partial charge is 0.145 e. The summed E-state index contributed by atoms with van der Waals surface area (Å²) >= 11 is 0. The van der Waals surface area contributed by atoms with Gasteiger partial charge < -0.3 is 4.74 Å². The lowest BCUT2D eigenvalue weighted by atomic mass is 9.87. The van der Waals surface area contributed by atoms with E-state index < -0.39 is 0 Å². The summed E-state index contributed by atoms with van der Waals surface area (Å²) in [5, 5.41) is 0. The van der Waals surface area contributed by atoms with E-state index in [2.05, 4.69) is 141 Å². The minimum absolute atomic E-state index is 0.0691. The van der Waals surface area contributed by atoms with Gasteiger partial charge in [-0.3, -0.25) is 4.57 Å². The summed E-state index contributed by atoms with van der Waals surface area (Å²) in [6.07, 6.45) is 8.65. The van der Waals surface area contributed by atoms with Gasteiger partial charge >= 0.3 is 0 Å². The third kappa shape index (κ3) is 3.69. The average Bonchev–Trinajstić information content (AvgIpc) is 3.52. The van der Waals surface area contributed by atoms with Gasteiger partial charge in [0.15, 0.2) is 0 Å². The number of rotatable bonds is 3. The summed E-state index contributed by atoms with van der Waals surface area (Å²) in [4.78, 5) is 5.11. The minimum Gasteiger partial charge on any atom is -0.484 e. The lowest BCUT2D eigenvalue weighted by Crippen LogP contribution is -2.15. The highest BCUT2D eigenvalue weighted by Crippen LogP contribution is 2.47. The highest BCUT2D eigenvalue weighted by Gasteiger charge is 2.33. The molecule has 1 aromatic heterocycles. The van der Waals surface area contributed by atoms with E-state index in [1.54, 1.807) is 0 Å². The number of nitrogens with zero attached hydrogens (tertiary/aromatic N) is 2. The highest BCUT2D eigenvalue weighted by molar-refractivity contribution is 5.85. The summed E-state index contributed by atoms with van der Waals surface area (Å²) in [7, 11) is 0. The van der Waals surface area contributed by atoms with E-state index >= 15 is 0 Å². The Labute approximate surface area is 223 Å². The van der Waals surface area contributed by atoms with Crippen molar-refractivity contribution >= 4 is 11.0 Å². The van der Waals surface area contributed by atoms with Crippen molar-refractivity contribution in [2.75, 3.05) is 0 Å². The Morgan fingerprint density at radius 1 is 0.763 bits per heavy atom. The Kier molecular flexibility index (Phi) is 5.16. The van der Waals surface area contributed by atoms with E-state index in [-0.39, 0.29) is 17.4 Å². The normalized spacial score (nSPS) is 17.9. The molecule has 3 nitrogen and oxygen atoms in total. The maximum absolute atomic E-state index is 6.46. The zero-order chi connectivity index (χ0) is 25.9. The molecule has 1 aliphatic carbocycles. The second kappa shape index (κ2) is 8.59. The summed E-state index contributed by atoms with van der Waals surface area (Å²) in [5.74, 6) is 2.20. The molecule has 2 heterocycles. The first-order valence-corrected chi connectivity index (χ1v) is 13.3. The number of hydrogen-bond acceptors (Lipinski definition) is 2. The van der Waals surface area contributed by atoms with Gasteiger partial charge in [0.1, 0.15) is 17.7 Å². The average molecular weight is 495 g/mol. The Morgan fingerprint density at radius 3 is 2.37 bits per heavy atom. The van der Waals surface area contributed by atoms with Crippen molar-refractivity contribution in [2.45, 2.75) is 38.2 Å². The van der Waals surface area contributed by atoms with Crippen LogP contribution < -0.4 is 4.74 Å². The number of fused-ring (bicyclic) bond motifs is 4. The molecule has 2 aliphatic rings. The van der Waals surface area contributed by atoms with Gasteiger partial charge in [-0.05, 0) is 52.9 Å². The van der Waals surface area contributed by atoms with Gasteiger partial charge in [0, 0.05) is 28.3 Å². The molecule has 2 atom stereocenters. The van der Waals surface area contributed by atoms with Crippen molar-refractivity contribution in [1.82, 2.24) is 9.55 Å². The number of allylic oxidation sites excluding steroid dienone is 2. The van der Waals surface area contributed by atoms with Crippen molar-refractivity contribution in [2.24, 2.45) is 0 Å². The number of aromatic nitrogens is 2. The molecule has 3 heteroatoms. The first-order valence-electron chi connectivity index (χ1n) is 13.3. The van der Waals surface area contributed by atoms with Crippen molar-refractivity contribution in [3.8, 4) is 34.0 Å². The predicted molar refractivity (Wildman–Crippen MR) is 156 cm³/mol. The predicted octanol–water partition coefficient (Wildman–Crippen LogP) is 8.63. The Bertz CT molecular complexity index is 1730. The van der Waals surface area contributed by atoms with E-state index in [1.807, 2.05) is 0 Å². The molecular weight excluding hydrogens is 464 g/mol. The molecule has 0 radical (unpaired) electrons. The summed E-state index contributed by atoms with van der Waals surface area (Å²) in [5.41, 5.74) is 9.20. The quantitative estimate of drug-likeness (QED) is 0.251. The molecule has 38 heavy (non-hydrogen) atoms. The standard InChI is InChI=1S/C35H30N2O/c1-35(2,3)25-18-20-26(21-19-25)37-31-16-6-5-15-30(31)36-34(37)24-11-8-10-23(22-24)27-13-9-14-29-28-12-4-7-17-32(28)38-33(27)29/h4-22,28,32H,1-3H3. The lowest BCUT2D eigenvalue weighted by Gasteiger charge is -2.19. The van der Waals surface area contributed by atoms with Gasteiger partial charge in [-0.15, -0.1) is 0 Å². The van der Waals surface area contributed by atoms with Crippen molar-refractivity contribution in [3.63, 3.8) is 0 Å². The Balaban J connectivity index is 1.36. The summed E-state index contributed by atoms with van der Waals surface area (Å²) in [6.45, 7) is 6.74. The number of ether oxygens (including phenoxy) is 1. The second-order valence-corrected chi connectivity index (χ2v) is 11.2. The van der Waals surface area contributed by atoms with Gasteiger partial charge in [-0.2, -0.15) is 0 Å². The van der Waals surface area contributed by atoms with Crippen molar-refractivity contribution in [1.29, 1.82) is 0 Å². The van der Waals surface area contributed by atoms with Gasteiger partial charge in [-0.1, -0.05) is 99.7 Å². The van der Waals surface area contributed by atoms with Crippen LogP contribution in [0.3, 0.4) is 0 Å². The Hall–Kier alpha value is -4.37. The fourth-order valence-corrected chi connectivity index (χ4v) is 5.71. The summed E-state index contributed by atoms with van der Waals surface area (Å²) in [6, 6.07) is 32.4. The minimum atomic E-state index is 0.0691. The number of benzene rings is 4. The maximum Gasteiger partial charge on any atom is 0.145 e. The molecule has 0 saturated heterocycles. The molecule has 2 unspecified atom stereocenters. The van der Waals surface area contributed by atoms with Crippen molar-refractivity contribution in [3.05, 3.63) is 126 Å². The molecule has 0 spiro atoms. The van der Waals surface area contributed by atoms with Crippen LogP contribution in [-0.4, -0.2) is 15.7 Å². The molecule has 0 amide bonds. The largest absolute Gasteiger partial charge is 0.484 e. The first-order chi connectivity index (χ1) is 18.5. The van der Waals surface area contributed by atoms with Gasteiger partial charge in [0.2, 0.25) is 0 Å². The van der Waals surface area contributed by atoms with Crippen LogP contribution in [0.1, 0.15) is 37.8 Å². The van der Waals surface area contributed by atoms with Crippen LogP contribution in [0.4, 0.5) is 0 Å². The van der Waals surface area contributed by atoms with E-state index in [4.69, 9.17) is 9.72 Å². The number of hydrogen-bond donors (Lipinski definition) is 0. The fraction of sp³-hybridized carbons (Fsp3) is 0.171. The zero-order valence-corrected chi connectivity index (χ0v) is 21.9. The van der Waals surface area contributed by atoms with Crippen LogP contribution in [0.5, 0.6) is 5.75 Å². The van der Waals surface area contributed by atoms with E-state index in [9.17, 15) is 0 Å². The molecule has 0 fully saturated rings. The Morgan fingerprint density at radius 2 is 1.53 bits per heavy atom. The van der Waals surface area contributed by atoms with Crippen LogP contribution >= 0.6 is 0 Å². The van der Waals surface area contributed by atoms with Crippen LogP contribution in [0, 0.1) is 0 Å². The molecule has 5 aromatic rings. The molecule has 1 aliphatic heterocycles. The molecule has 0 N–H and O–H groups in total. The molecule has 0 bridgehead atoms. The number of imidazole rings is 1. The van der Waals surface area contributed by atoms with Crippen LogP contribution in [0.15, 0.2) is 115 Å². The zero-order valence-electron chi connectivity index (χ0n) is 21.9. The topological polar surface area (TPSA) is 27.1 Å². The SMILES string of the molecule is CC(C)(C)c1ccc(-n2c(-c3cccc(-c4cccc5c4OC4C=CC=CC54)c3)nc3ccccc32)cc1. The summed E-state index contributed by atoms with van der Waals surface area (Å²) < 4.78 is 8.74. The van der Waals surface area contributed by atoms with Crippen LogP contribution in [-0.2, 0) is 5.41 Å². The number of para-hydroxylation sites is 3. The highest BCUT2D eigenvalue weighted by atomic mass is 16.5. The van der Waals surface area contributed by atoms with Crippen LogP contribution in [0.25, 0.3) is 39.2 Å². The first kappa shape index (κ1) is 22.8. The van der Waals surface area contributed by atoms with E-state index in [0.717, 1.165) is 45.0 Å². The monoisotopic (exact) mass is 494 g/mol. The fourth-order valence-electron chi connectivity index (χ4n) is 5.71. The van der Waals surface area contributed by atoms with E-state index in [1.165, 1.54) is 11.1 Å². The molecule has 4 aromatic carbocycles. The third-order valence-corrected chi connectivity index (χ3v) is 7.73. The van der Waals surface area contributed by atoms with E-state index in [0.29, 0.717) is 0 Å².